The van der Waals surface area contributed by atoms with Crippen LogP contribution in [0.25, 0.3) is 6.08 Å². The minimum Gasteiger partial charge on any atom is -0.494 e. The Morgan fingerprint density at radius 1 is 1.43 bits per heavy atom. The SMILES string of the molecule is CCOc1cccc(C=CCCBr)c1. The van der Waals surface area contributed by atoms with Gasteiger partial charge in [0, 0.05) is 5.33 Å². The van der Waals surface area contributed by atoms with Crippen molar-refractivity contribution < 1.29 is 4.74 Å². The fourth-order valence-corrected chi connectivity index (χ4v) is 1.42. The van der Waals surface area contributed by atoms with Crippen molar-refractivity contribution in [1.29, 1.82) is 0 Å². The van der Waals surface area contributed by atoms with Gasteiger partial charge in [-0.15, -0.1) is 0 Å². The molecule has 0 saturated carbocycles. The van der Waals surface area contributed by atoms with E-state index in [1.54, 1.807) is 0 Å². The third-order valence-electron chi connectivity index (χ3n) is 1.76. The molecule has 0 N–H and O–H groups in total. The van der Waals surface area contributed by atoms with Gasteiger partial charge in [0.05, 0.1) is 6.61 Å². The molecule has 0 spiro atoms. The Morgan fingerprint density at radius 3 is 3.00 bits per heavy atom. The van der Waals surface area contributed by atoms with Gasteiger partial charge in [-0.2, -0.15) is 0 Å². The summed E-state index contributed by atoms with van der Waals surface area (Å²) in [6.07, 6.45) is 5.32. The number of allylic oxidation sites excluding steroid dienone is 1. The molecule has 1 aromatic carbocycles. The molecule has 1 nitrogen and oxygen atoms in total. The van der Waals surface area contributed by atoms with E-state index in [9.17, 15) is 0 Å². The van der Waals surface area contributed by atoms with Crippen LogP contribution in [0.1, 0.15) is 18.9 Å². The van der Waals surface area contributed by atoms with Crippen LogP contribution in [0.2, 0.25) is 0 Å². The highest BCUT2D eigenvalue weighted by Gasteiger charge is 1.91. The molecule has 0 aliphatic heterocycles. The van der Waals surface area contributed by atoms with Gasteiger partial charge in [0.15, 0.2) is 0 Å². The van der Waals surface area contributed by atoms with Gasteiger partial charge < -0.3 is 4.74 Å². The minimum atomic E-state index is 0.717. The van der Waals surface area contributed by atoms with Crippen LogP contribution in [-0.4, -0.2) is 11.9 Å². The maximum absolute atomic E-state index is 5.41. The Kier molecular flexibility index (Phi) is 5.38. The molecule has 0 saturated heterocycles. The molecule has 1 aromatic rings. The summed E-state index contributed by atoms with van der Waals surface area (Å²) in [6, 6.07) is 8.12. The van der Waals surface area contributed by atoms with Gasteiger partial charge in [0.25, 0.3) is 0 Å². The average molecular weight is 255 g/mol. The van der Waals surface area contributed by atoms with Crippen molar-refractivity contribution in [2.45, 2.75) is 13.3 Å². The van der Waals surface area contributed by atoms with Gasteiger partial charge in [-0.3, -0.25) is 0 Å². The van der Waals surface area contributed by atoms with Crippen LogP contribution in [0.4, 0.5) is 0 Å². The third kappa shape index (κ3) is 3.97. The Morgan fingerprint density at radius 2 is 2.29 bits per heavy atom. The fraction of sp³-hybridized carbons (Fsp3) is 0.333. The van der Waals surface area contributed by atoms with Crippen molar-refractivity contribution in [2.24, 2.45) is 0 Å². The Labute approximate surface area is 93.9 Å². The molecule has 14 heavy (non-hydrogen) atoms. The van der Waals surface area contributed by atoms with Crippen molar-refractivity contribution in [3.05, 3.63) is 35.9 Å². The zero-order chi connectivity index (χ0) is 10.2. The summed E-state index contributed by atoms with van der Waals surface area (Å²) < 4.78 is 5.41. The van der Waals surface area contributed by atoms with Gasteiger partial charge >= 0.3 is 0 Å². The monoisotopic (exact) mass is 254 g/mol. The summed E-state index contributed by atoms with van der Waals surface area (Å²) in [7, 11) is 0. The molecule has 1 rings (SSSR count). The summed E-state index contributed by atoms with van der Waals surface area (Å²) in [5.41, 5.74) is 1.19. The second-order valence-corrected chi connectivity index (χ2v) is 3.68. The molecular formula is C12H15BrO. The van der Waals surface area contributed by atoms with Crippen molar-refractivity contribution in [3.63, 3.8) is 0 Å². The summed E-state index contributed by atoms with van der Waals surface area (Å²) in [5.74, 6) is 0.938. The highest BCUT2D eigenvalue weighted by atomic mass is 79.9. The van der Waals surface area contributed by atoms with E-state index >= 15 is 0 Å². The summed E-state index contributed by atoms with van der Waals surface area (Å²) in [6.45, 7) is 2.71. The fourth-order valence-electron chi connectivity index (χ4n) is 1.16. The lowest BCUT2D eigenvalue weighted by Crippen LogP contribution is -1.90. The van der Waals surface area contributed by atoms with Gasteiger partial charge in [-0.25, -0.2) is 0 Å². The number of alkyl halides is 1. The highest BCUT2D eigenvalue weighted by Crippen LogP contribution is 2.14. The predicted molar refractivity (Wildman–Crippen MR) is 65.1 cm³/mol. The predicted octanol–water partition coefficient (Wildman–Crippen LogP) is 3.88. The Bertz CT molecular complexity index is 294. The quantitative estimate of drug-likeness (QED) is 0.725. The van der Waals surface area contributed by atoms with E-state index in [-0.39, 0.29) is 0 Å². The minimum absolute atomic E-state index is 0.717. The number of hydrogen-bond acceptors (Lipinski definition) is 1. The lowest BCUT2D eigenvalue weighted by molar-refractivity contribution is 0.340. The normalized spacial score (nSPS) is 10.7. The topological polar surface area (TPSA) is 9.23 Å². The van der Waals surface area contributed by atoms with Crippen molar-refractivity contribution in [2.75, 3.05) is 11.9 Å². The van der Waals surface area contributed by atoms with Crippen molar-refractivity contribution >= 4 is 22.0 Å². The first-order valence-corrected chi connectivity index (χ1v) is 5.94. The lowest BCUT2D eigenvalue weighted by atomic mass is 10.2. The Balaban J connectivity index is 2.63. The van der Waals surface area contributed by atoms with Crippen LogP contribution < -0.4 is 4.74 Å². The van der Waals surface area contributed by atoms with E-state index in [4.69, 9.17) is 4.74 Å². The van der Waals surface area contributed by atoms with E-state index in [0.29, 0.717) is 6.61 Å². The molecule has 0 aliphatic rings. The molecule has 76 valence electrons. The first-order valence-electron chi connectivity index (χ1n) is 4.82. The number of hydrogen-bond donors (Lipinski definition) is 0. The lowest BCUT2D eigenvalue weighted by Gasteiger charge is -2.02. The van der Waals surface area contributed by atoms with E-state index in [0.717, 1.165) is 17.5 Å². The molecule has 0 aliphatic carbocycles. The van der Waals surface area contributed by atoms with Gasteiger partial charge in [0.1, 0.15) is 5.75 Å². The number of ether oxygens (including phenoxy) is 1. The zero-order valence-electron chi connectivity index (χ0n) is 8.37. The molecule has 0 bridgehead atoms. The molecule has 0 unspecified atom stereocenters. The molecule has 0 radical (unpaired) electrons. The van der Waals surface area contributed by atoms with Crippen LogP contribution in [-0.2, 0) is 0 Å². The van der Waals surface area contributed by atoms with Crippen LogP contribution in [0, 0.1) is 0 Å². The standard InChI is InChI=1S/C12H15BrO/c1-2-14-12-8-5-7-11(10-12)6-3-4-9-13/h3,5-8,10H,2,4,9H2,1H3. The zero-order valence-corrected chi connectivity index (χ0v) is 9.96. The molecule has 0 aromatic heterocycles. The maximum atomic E-state index is 5.41. The first kappa shape index (κ1) is 11.3. The highest BCUT2D eigenvalue weighted by molar-refractivity contribution is 9.09. The van der Waals surface area contributed by atoms with Crippen molar-refractivity contribution in [3.8, 4) is 5.75 Å². The molecule has 0 amide bonds. The third-order valence-corrected chi connectivity index (χ3v) is 2.21. The number of halogens is 1. The van der Waals surface area contributed by atoms with E-state index in [1.807, 2.05) is 25.1 Å². The summed E-state index contributed by atoms with van der Waals surface area (Å²) in [4.78, 5) is 0. The van der Waals surface area contributed by atoms with Gasteiger partial charge in [-0.05, 0) is 31.0 Å². The van der Waals surface area contributed by atoms with Crippen LogP contribution >= 0.6 is 15.9 Å². The largest absolute Gasteiger partial charge is 0.494 e. The molecular weight excluding hydrogens is 240 g/mol. The average Bonchev–Trinajstić information content (AvgIpc) is 2.19. The molecule has 0 heterocycles. The van der Waals surface area contributed by atoms with E-state index in [2.05, 4.69) is 34.1 Å². The second-order valence-electron chi connectivity index (χ2n) is 2.89. The van der Waals surface area contributed by atoms with Crippen LogP contribution in [0.15, 0.2) is 30.3 Å². The van der Waals surface area contributed by atoms with Gasteiger partial charge in [-0.1, -0.05) is 40.2 Å². The smallest absolute Gasteiger partial charge is 0.119 e. The molecule has 0 fully saturated rings. The maximum Gasteiger partial charge on any atom is 0.119 e. The van der Waals surface area contributed by atoms with E-state index in [1.165, 1.54) is 5.56 Å². The molecule has 0 atom stereocenters. The summed E-state index contributed by atoms with van der Waals surface area (Å²) >= 11 is 3.39. The first-order chi connectivity index (χ1) is 6.86. The number of rotatable bonds is 5. The number of benzene rings is 1. The summed E-state index contributed by atoms with van der Waals surface area (Å²) in [5, 5.41) is 1.01. The van der Waals surface area contributed by atoms with Gasteiger partial charge in [0.2, 0.25) is 0 Å². The second kappa shape index (κ2) is 6.66. The van der Waals surface area contributed by atoms with Crippen molar-refractivity contribution in [1.82, 2.24) is 0 Å². The van der Waals surface area contributed by atoms with Crippen LogP contribution in [0.5, 0.6) is 5.75 Å². The Hall–Kier alpha value is -0.760. The van der Waals surface area contributed by atoms with Crippen LogP contribution in [0.3, 0.4) is 0 Å². The van der Waals surface area contributed by atoms with E-state index < -0.39 is 0 Å². The molecule has 2 heteroatoms.